The van der Waals surface area contributed by atoms with Crippen molar-refractivity contribution in [3.63, 3.8) is 0 Å². The summed E-state index contributed by atoms with van der Waals surface area (Å²) in [5.74, 6) is 0. The molecule has 0 radical (unpaired) electrons. The Kier molecular flexibility index (Phi) is 4.94. The zero-order chi connectivity index (χ0) is 32.5. The van der Waals surface area contributed by atoms with Crippen LogP contribution in [0.2, 0.25) is 0 Å². The van der Waals surface area contributed by atoms with Crippen molar-refractivity contribution in [2.45, 2.75) is 0 Å². The van der Waals surface area contributed by atoms with Gasteiger partial charge >= 0.3 is 0 Å². The van der Waals surface area contributed by atoms with E-state index in [0.29, 0.717) is 0 Å². The average molecular weight is 641 g/mol. The Morgan fingerprint density at radius 1 is 0.320 bits per heavy atom. The molecular formula is C46H24O4. The number of fused-ring (bicyclic) bond motifs is 14. The monoisotopic (exact) mass is 640 g/mol. The van der Waals surface area contributed by atoms with Crippen molar-refractivity contribution in [2.75, 3.05) is 0 Å². The van der Waals surface area contributed by atoms with Crippen LogP contribution in [0.3, 0.4) is 0 Å². The maximum atomic E-state index is 6.73. The Morgan fingerprint density at radius 2 is 0.880 bits per heavy atom. The average Bonchev–Trinajstić information content (AvgIpc) is 3.95. The zero-order valence-electron chi connectivity index (χ0n) is 26.5. The molecule has 0 saturated carbocycles. The van der Waals surface area contributed by atoms with Crippen LogP contribution in [0.4, 0.5) is 0 Å². The number of rotatable bonds is 2. The molecule has 0 atom stereocenters. The summed E-state index contributed by atoms with van der Waals surface area (Å²) in [6, 6.07) is 49.1. The maximum Gasteiger partial charge on any atom is 0.147 e. The molecule has 0 bridgehead atoms. The fourth-order valence-electron chi connectivity index (χ4n) is 8.39. The number of para-hydroxylation sites is 1. The van der Waals surface area contributed by atoms with Crippen molar-refractivity contribution in [3.05, 3.63) is 146 Å². The smallest absolute Gasteiger partial charge is 0.147 e. The molecular weight excluding hydrogens is 617 g/mol. The Morgan fingerprint density at radius 3 is 1.62 bits per heavy atom. The third-order valence-electron chi connectivity index (χ3n) is 10.5. The Bertz CT molecular complexity index is 3330. The van der Waals surface area contributed by atoms with E-state index in [1.807, 2.05) is 36.4 Å². The second kappa shape index (κ2) is 9.43. The first-order valence-electron chi connectivity index (χ1n) is 16.8. The molecule has 4 heterocycles. The normalized spacial score (nSPS) is 12.4. The highest BCUT2D eigenvalue weighted by Crippen LogP contribution is 2.47. The van der Waals surface area contributed by atoms with Crippen LogP contribution in [0.1, 0.15) is 0 Å². The summed E-state index contributed by atoms with van der Waals surface area (Å²) in [6.07, 6.45) is 1.75. The van der Waals surface area contributed by atoms with Crippen LogP contribution in [0.15, 0.2) is 163 Å². The largest absolute Gasteiger partial charge is 0.464 e. The first-order valence-corrected chi connectivity index (χ1v) is 16.8. The van der Waals surface area contributed by atoms with E-state index < -0.39 is 0 Å². The summed E-state index contributed by atoms with van der Waals surface area (Å²) in [5.41, 5.74) is 10.6. The molecule has 0 N–H and O–H groups in total. The molecule has 0 unspecified atom stereocenters. The molecule has 0 spiro atoms. The van der Waals surface area contributed by atoms with Crippen LogP contribution in [-0.2, 0) is 0 Å². The summed E-state index contributed by atoms with van der Waals surface area (Å²) >= 11 is 0. The van der Waals surface area contributed by atoms with Gasteiger partial charge in [0, 0.05) is 26.9 Å². The predicted molar refractivity (Wildman–Crippen MR) is 204 cm³/mol. The Balaban J connectivity index is 1.13. The topological polar surface area (TPSA) is 52.6 Å². The molecule has 12 aromatic rings. The third kappa shape index (κ3) is 3.39. The highest BCUT2D eigenvalue weighted by molar-refractivity contribution is 6.25. The van der Waals surface area contributed by atoms with E-state index in [0.717, 1.165) is 87.9 Å². The summed E-state index contributed by atoms with van der Waals surface area (Å²) in [4.78, 5) is 0. The molecule has 8 aromatic carbocycles. The van der Waals surface area contributed by atoms with Crippen LogP contribution < -0.4 is 0 Å². The Hall–Kier alpha value is -6.78. The van der Waals surface area contributed by atoms with Crippen LogP contribution >= 0.6 is 0 Å². The standard InChI is InChI=1S/C46H24O4/c1-3-9-31-29(7-1)41(26-15-18-37-35(23-26)44-38(49-37)19-14-25-21-22-47-45(25)44)30-8-2-4-10-32(30)42(31)27-13-16-28-33-17-20-39-43(46(33)50-40(28)24-27)34-11-5-6-12-36(34)48-39/h1-24H. The van der Waals surface area contributed by atoms with Gasteiger partial charge in [-0.05, 0) is 104 Å². The van der Waals surface area contributed by atoms with Gasteiger partial charge in [0.2, 0.25) is 0 Å². The Labute approximate surface area is 283 Å². The van der Waals surface area contributed by atoms with E-state index in [1.165, 1.54) is 32.7 Å². The second-order valence-electron chi connectivity index (χ2n) is 13.2. The van der Waals surface area contributed by atoms with Gasteiger partial charge in [0.05, 0.1) is 17.0 Å². The second-order valence-corrected chi connectivity index (χ2v) is 13.2. The highest BCUT2D eigenvalue weighted by Gasteiger charge is 2.21. The van der Waals surface area contributed by atoms with Gasteiger partial charge in [-0.1, -0.05) is 78.9 Å². The molecule has 0 saturated heterocycles. The molecule has 0 fully saturated rings. The van der Waals surface area contributed by atoms with Gasteiger partial charge in [-0.15, -0.1) is 0 Å². The van der Waals surface area contributed by atoms with Gasteiger partial charge in [-0.25, -0.2) is 0 Å². The minimum atomic E-state index is 0.826. The van der Waals surface area contributed by atoms with E-state index in [-0.39, 0.29) is 0 Å². The van der Waals surface area contributed by atoms with Gasteiger partial charge in [-0.2, -0.15) is 0 Å². The molecule has 0 aliphatic rings. The quantitative estimate of drug-likeness (QED) is 0.176. The van der Waals surface area contributed by atoms with Crippen molar-refractivity contribution >= 4 is 98.3 Å². The predicted octanol–water partition coefficient (Wildman–Crippen LogP) is 13.8. The lowest BCUT2D eigenvalue weighted by Crippen LogP contribution is -1.90. The summed E-state index contributed by atoms with van der Waals surface area (Å²) < 4.78 is 25.2. The summed E-state index contributed by atoms with van der Waals surface area (Å²) in [5, 5.41) is 12.1. The van der Waals surface area contributed by atoms with E-state index in [9.17, 15) is 0 Å². The van der Waals surface area contributed by atoms with E-state index in [1.54, 1.807) is 6.26 Å². The number of furan rings is 4. The van der Waals surface area contributed by atoms with Gasteiger partial charge in [0.1, 0.15) is 39.1 Å². The molecule has 50 heavy (non-hydrogen) atoms. The van der Waals surface area contributed by atoms with Crippen molar-refractivity contribution in [1.29, 1.82) is 0 Å². The van der Waals surface area contributed by atoms with E-state index in [2.05, 4.69) is 103 Å². The molecule has 0 aliphatic heterocycles. The van der Waals surface area contributed by atoms with Gasteiger partial charge in [-0.3, -0.25) is 0 Å². The molecule has 4 heteroatoms. The first-order chi connectivity index (χ1) is 24.8. The van der Waals surface area contributed by atoms with Gasteiger partial charge in [0.25, 0.3) is 0 Å². The van der Waals surface area contributed by atoms with Crippen LogP contribution in [-0.4, -0.2) is 0 Å². The SMILES string of the molecule is c1ccc2c(c1)oc1ccc3c4ccc(-c5c6ccccc6c(-c6ccc7oc8ccc9ccoc9c8c7c6)c6ccccc56)cc4oc3c12. The summed E-state index contributed by atoms with van der Waals surface area (Å²) in [7, 11) is 0. The minimum absolute atomic E-state index is 0.826. The van der Waals surface area contributed by atoms with Crippen molar-refractivity contribution in [2.24, 2.45) is 0 Å². The van der Waals surface area contributed by atoms with Crippen LogP contribution in [0.25, 0.3) is 121 Å². The number of hydrogen-bond donors (Lipinski definition) is 0. The molecule has 232 valence electrons. The lowest BCUT2D eigenvalue weighted by Gasteiger charge is -2.17. The fraction of sp³-hybridized carbons (Fsp3) is 0. The number of hydrogen-bond acceptors (Lipinski definition) is 4. The van der Waals surface area contributed by atoms with Gasteiger partial charge in [0.15, 0.2) is 0 Å². The number of benzene rings is 8. The van der Waals surface area contributed by atoms with Crippen molar-refractivity contribution in [1.82, 2.24) is 0 Å². The van der Waals surface area contributed by atoms with Crippen molar-refractivity contribution in [3.8, 4) is 22.3 Å². The summed E-state index contributed by atoms with van der Waals surface area (Å²) in [6.45, 7) is 0. The fourth-order valence-corrected chi connectivity index (χ4v) is 8.39. The molecule has 0 amide bonds. The van der Waals surface area contributed by atoms with Crippen LogP contribution in [0.5, 0.6) is 0 Å². The lowest BCUT2D eigenvalue weighted by atomic mass is 9.85. The molecule has 4 nitrogen and oxygen atoms in total. The minimum Gasteiger partial charge on any atom is -0.464 e. The van der Waals surface area contributed by atoms with Crippen LogP contribution in [0, 0.1) is 0 Å². The molecule has 0 aliphatic carbocycles. The third-order valence-corrected chi connectivity index (χ3v) is 10.5. The van der Waals surface area contributed by atoms with Gasteiger partial charge < -0.3 is 17.7 Å². The van der Waals surface area contributed by atoms with E-state index in [4.69, 9.17) is 17.7 Å². The molecule has 12 rings (SSSR count). The maximum absolute atomic E-state index is 6.73. The molecule has 4 aromatic heterocycles. The van der Waals surface area contributed by atoms with Crippen molar-refractivity contribution < 1.29 is 17.7 Å². The highest BCUT2D eigenvalue weighted by atomic mass is 16.3. The zero-order valence-corrected chi connectivity index (χ0v) is 26.5. The van der Waals surface area contributed by atoms with E-state index >= 15 is 0 Å². The first kappa shape index (κ1) is 26.2. The lowest BCUT2D eigenvalue weighted by molar-refractivity contribution is 0.618.